The monoisotopic (exact) mass is 493 g/mol. The minimum Gasteiger partial charge on any atom is -0.488 e. The molecule has 37 heavy (non-hydrogen) atoms. The van der Waals surface area contributed by atoms with Crippen LogP contribution in [0.1, 0.15) is 69.1 Å². The number of piperidine rings is 1. The molecule has 4 heteroatoms. The number of benzene rings is 3. The first-order valence-electron chi connectivity index (χ1n) is 13.5. The molecule has 0 spiro atoms. The van der Waals surface area contributed by atoms with E-state index in [4.69, 9.17) is 9.47 Å². The molecule has 0 aromatic heterocycles. The lowest BCUT2D eigenvalue weighted by Crippen LogP contribution is -2.51. The number of carbonyl (C=O) groups excluding carboxylic acids is 1. The van der Waals surface area contributed by atoms with Crippen molar-refractivity contribution in [1.82, 2.24) is 4.90 Å². The zero-order valence-electron chi connectivity index (χ0n) is 21.9. The molecular formula is C33H35NO3. The molecule has 2 atom stereocenters. The first-order valence-corrected chi connectivity index (χ1v) is 13.5. The lowest BCUT2D eigenvalue weighted by atomic mass is 9.83. The van der Waals surface area contributed by atoms with Gasteiger partial charge in [-0.05, 0) is 92.0 Å². The highest BCUT2D eigenvalue weighted by Crippen LogP contribution is 2.45. The predicted molar refractivity (Wildman–Crippen MR) is 148 cm³/mol. The van der Waals surface area contributed by atoms with Gasteiger partial charge in [-0.3, -0.25) is 4.90 Å². The molecular weight excluding hydrogens is 458 g/mol. The molecule has 2 bridgehead atoms. The first kappa shape index (κ1) is 23.8. The zero-order chi connectivity index (χ0) is 25.6. The van der Waals surface area contributed by atoms with Crippen molar-refractivity contribution in [1.29, 1.82) is 0 Å². The van der Waals surface area contributed by atoms with E-state index in [9.17, 15) is 4.79 Å². The Labute approximate surface area is 219 Å². The number of ether oxygens (including phenoxy) is 2. The van der Waals surface area contributed by atoms with Crippen LogP contribution >= 0.6 is 0 Å². The molecule has 1 aliphatic carbocycles. The van der Waals surface area contributed by atoms with Crippen LogP contribution < -0.4 is 4.74 Å². The smallest absolute Gasteiger partial charge is 0.410 e. The van der Waals surface area contributed by atoms with Crippen LogP contribution in [0.25, 0.3) is 16.7 Å². The molecule has 3 aromatic rings. The lowest BCUT2D eigenvalue weighted by Gasteiger charge is -2.44. The van der Waals surface area contributed by atoms with E-state index in [1.165, 1.54) is 33.4 Å². The van der Waals surface area contributed by atoms with Crippen LogP contribution in [0.15, 0.2) is 78.9 Å². The molecule has 0 N–H and O–H groups in total. The first-order chi connectivity index (χ1) is 17.9. The molecule has 3 aliphatic rings. The second kappa shape index (κ2) is 9.41. The predicted octanol–water partition coefficient (Wildman–Crippen LogP) is 7.82. The summed E-state index contributed by atoms with van der Waals surface area (Å²) < 4.78 is 12.1. The van der Waals surface area contributed by atoms with Crippen LogP contribution in [0.4, 0.5) is 4.79 Å². The van der Waals surface area contributed by atoms with Gasteiger partial charge in [-0.2, -0.15) is 0 Å². The second-order valence-electron chi connectivity index (χ2n) is 11.5. The fourth-order valence-corrected chi connectivity index (χ4v) is 6.29. The molecule has 4 nitrogen and oxygen atoms in total. The molecule has 2 unspecified atom stereocenters. The topological polar surface area (TPSA) is 38.8 Å². The summed E-state index contributed by atoms with van der Waals surface area (Å²) in [5, 5.41) is 0. The number of amides is 1. The second-order valence-corrected chi connectivity index (χ2v) is 11.5. The molecule has 0 radical (unpaired) electrons. The van der Waals surface area contributed by atoms with Gasteiger partial charge in [0.05, 0.1) is 6.04 Å². The van der Waals surface area contributed by atoms with Crippen LogP contribution in [-0.4, -0.2) is 35.3 Å². The summed E-state index contributed by atoms with van der Waals surface area (Å²) in [7, 11) is 0. The quantitative estimate of drug-likeness (QED) is 0.372. The summed E-state index contributed by atoms with van der Waals surface area (Å²) >= 11 is 0. The fourth-order valence-electron chi connectivity index (χ4n) is 6.29. The van der Waals surface area contributed by atoms with Crippen molar-refractivity contribution in [2.45, 2.75) is 70.1 Å². The van der Waals surface area contributed by atoms with E-state index in [2.05, 4.69) is 99.6 Å². The van der Waals surface area contributed by atoms with Crippen molar-refractivity contribution in [3.8, 4) is 16.9 Å². The van der Waals surface area contributed by atoms with E-state index in [-0.39, 0.29) is 29.7 Å². The highest BCUT2D eigenvalue weighted by molar-refractivity contribution is 5.79. The Morgan fingerprint density at radius 3 is 2.16 bits per heavy atom. The van der Waals surface area contributed by atoms with Gasteiger partial charge in [0, 0.05) is 12.0 Å². The van der Waals surface area contributed by atoms with Crippen LogP contribution in [0, 0.1) is 0 Å². The maximum Gasteiger partial charge on any atom is 0.410 e. The van der Waals surface area contributed by atoms with Gasteiger partial charge in [-0.25, -0.2) is 4.79 Å². The molecule has 2 heterocycles. The minimum atomic E-state index is -0.216. The standard InChI is InChI=1S/C33H35NO3/c1-33(2,3)37-26-17-15-22(16-18-26)23-19-24-9-8-10-25(20-23)34(24)32(35)36-21-31-29-13-6-4-11-27(29)28-12-5-7-14-30(28)31/h4-7,11-19,24-25,31H,8-10,20-21H2,1-3H3. The van der Waals surface area contributed by atoms with Gasteiger partial charge in [0.2, 0.25) is 0 Å². The third kappa shape index (κ3) is 4.66. The van der Waals surface area contributed by atoms with Gasteiger partial charge < -0.3 is 9.47 Å². The third-order valence-corrected chi connectivity index (χ3v) is 7.83. The molecule has 1 fully saturated rings. The highest BCUT2D eigenvalue weighted by atomic mass is 16.6. The minimum absolute atomic E-state index is 0.0842. The van der Waals surface area contributed by atoms with E-state index < -0.39 is 0 Å². The Balaban J connectivity index is 1.17. The summed E-state index contributed by atoms with van der Waals surface area (Å²) in [5.74, 6) is 0.967. The highest BCUT2D eigenvalue weighted by Gasteiger charge is 2.39. The Morgan fingerprint density at radius 2 is 1.54 bits per heavy atom. The van der Waals surface area contributed by atoms with Gasteiger partial charge in [0.1, 0.15) is 18.0 Å². The van der Waals surface area contributed by atoms with Gasteiger partial charge in [-0.1, -0.05) is 66.7 Å². The summed E-state index contributed by atoms with van der Waals surface area (Å²) in [6.45, 7) is 6.55. The van der Waals surface area contributed by atoms with Crippen LogP contribution in [-0.2, 0) is 4.74 Å². The number of fused-ring (bicyclic) bond motifs is 5. The Hall–Kier alpha value is -3.53. The Morgan fingerprint density at radius 1 is 0.892 bits per heavy atom. The van der Waals surface area contributed by atoms with Gasteiger partial charge in [0.15, 0.2) is 0 Å². The number of rotatable bonds is 4. The molecule has 2 aliphatic heterocycles. The van der Waals surface area contributed by atoms with Crippen LogP contribution in [0.2, 0.25) is 0 Å². The fraction of sp³-hybridized carbons (Fsp3) is 0.364. The Bertz CT molecular complexity index is 1290. The summed E-state index contributed by atoms with van der Waals surface area (Å²) in [6, 6.07) is 25.6. The number of hydrogen-bond donors (Lipinski definition) is 0. The maximum atomic E-state index is 13.5. The van der Waals surface area contributed by atoms with Crippen LogP contribution in [0.5, 0.6) is 5.75 Å². The summed E-state index contributed by atoms with van der Waals surface area (Å²) in [4.78, 5) is 15.5. The van der Waals surface area contributed by atoms with Crippen molar-refractivity contribution in [2.75, 3.05) is 6.61 Å². The van der Waals surface area contributed by atoms with Crippen molar-refractivity contribution < 1.29 is 14.3 Å². The van der Waals surface area contributed by atoms with Gasteiger partial charge in [-0.15, -0.1) is 0 Å². The molecule has 3 aromatic carbocycles. The normalized spacial score (nSPS) is 20.6. The van der Waals surface area contributed by atoms with Crippen molar-refractivity contribution in [3.63, 3.8) is 0 Å². The zero-order valence-corrected chi connectivity index (χ0v) is 21.9. The van der Waals surface area contributed by atoms with E-state index in [0.717, 1.165) is 31.4 Å². The van der Waals surface area contributed by atoms with E-state index in [1.54, 1.807) is 0 Å². The molecule has 6 rings (SSSR count). The number of hydrogen-bond acceptors (Lipinski definition) is 3. The van der Waals surface area contributed by atoms with Crippen molar-refractivity contribution >= 4 is 11.7 Å². The average Bonchev–Trinajstić information content (AvgIpc) is 3.20. The third-order valence-electron chi connectivity index (χ3n) is 7.83. The van der Waals surface area contributed by atoms with Crippen LogP contribution in [0.3, 0.4) is 0 Å². The number of nitrogens with zero attached hydrogens (tertiary/aromatic N) is 1. The van der Waals surface area contributed by atoms with E-state index in [0.29, 0.717) is 6.61 Å². The van der Waals surface area contributed by atoms with Crippen molar-refractivity contribution in [2.24, 2.45) is 0 Å². The van der Waals surface area contributed by atoms with Gasteiger partial charge >= 0.3 is 6.09 Å². The average molecular weight is 494 g/mol. The maximum absolute atomic E-state index is 13.5. The molecule has 190 valence electrons. The lowest BCUT2D eigenvalue weighted by molar-refractivity contribution is 0.0539. The molecule has 1 saturated heterocycles. The molecule has 0 saturated carbocycles. The van der Waals surface area contributed by atoms with Gasteiger partial charge in [0.25, 0.3) is 0 Å². The summed E-state index contributed by atoms with van der Waals surface area (Å²) in [6.07, 6.45) is 6.11. The van der Waals surface area contributed by atoms with E-state index >= 15 is 0 Å². The number of carbonyl (C=O) groups is 1. The van der Waals surface area contributed by atoms with E-state index in [1.807, 2.05) is 4.90 Å². The molecule has 1 amide bonds. The SMILES string of the molecule is CC(C)(C)Oc1ccc(C2=CC3CCCC(C2)N3C(=O)OCC2c3ccccc3-c3ccccc32)cc1. The largest absolute Gasteiger partial charge is 0.488 e. The van der Waals surface area contributed by atoms with Crippen molar-refractivity contribution in [3.05, 3.63) is 95.6 Å². The summed E-state index contributed by atoms with van der Waals surface area (Å²) in [5.41, 5.74) is 7.31. The Kier molecular flexibility index (Phi) is 6.06.